The second-order valence-electron chi connectivity index (χ2n) is 5.32. The van der Waals surface area contributed by atoms with E-state index in [1.54, 1.807) is 6.92 Å². The topological polar surface area (TPSA) is 47.6 Å². The summed E-state index contributed by atoms with van der Waals surface area (Å²) in [6.07, 6.45) is 2.72. The number of carbonyl (C=O) groups is 1. The van der Waals surface area contributed by atoms with Gasteiger partial charge in [-0.05, 0) is 57.4 Å². The molecule has 0 heterocycles. The second kappa shape index (κ2) is 9.40. The summed E-state index contributed by atoms with van der Waals surface area (Å²) >= 11 is 0. The van der Waals surface area contributed by atoms with Gasteiger partial charge in [0.15, 0.2) is 6.10 Å². The molecule has 0 saturated heterocycles. The summed E-state index contributed by atoms with van der Waals surface area (Å²) in [7, 11) is 1.36. The molecule has 0 radical (unpaired) electrons. The fourth-order valence-corrected chi connectivity index (χ4v) is 2.03. The Labute approximate surface area is 127 Å². The molecule has 0 bridgehead atoms. The fourth-order valence-electron chi connectivity index (χ4n) is 2.03. The third kappa shape index (κ3) is 6.63. The molecule has 1 aromatic carbocycles. The predicted molar refractivity (Wildman–Crippen MR) is 84.6 cm³/mol. The number of nitrogens with one attached hydrogen (secondary N) is 1. The second-order valence-corrected chi connectivity index (χ2v) is 5.32. The zero-order chi connectivity index (χ0) is 15.7. The number of methoxy groups -OCH3 is 1. The number of esters is 1. The molecule has 0 fully saturated rings. The summed E-state index contributed by atoms with van der Waals surface area (Å²) in [5.74, 6) is 0.323. The van der Waals surface area contributed by atoms with E-state index in [9.17, 15) is 4.79 Å². The van der Waals surface area contributed by atoms with Crippen molar-refractivity contribution in [3.05, 3.63) is 29.8 Å². The van der Waals surface area contributed by atoms with E-state index in [1.807, 2.05) is 24.3 Å². The molecule has 0 aliphatic carbocycles. The van der Waals surface area contributed by atoms with Gasteiger partial charge in [0.1, 0.15) is 5.75 Å². The first-order valence-electron chi connectivity index (χ1n) is 7.63. The molecule has 0 saturated carbocycles. The maximum atomic E-state index is 11.3. The zero-order valence-electron chi connectivity index (χ0n) is 13.5. The highest BCUT2D eigenvalue weighted by molar-refractivity contribution is 5.74. The molecule has 0 aliphatic heterocycles. The average molecular weight is 293 g/mol. The highest BCUT2D eigenvalue weighted by Gasteiger charge is 2.14. The lowest BCUT2D eigenvalue weighted by molar-refractivity contribution is -0.147. The monoisotopic (exact) mass is 293 g/mol. The third-order valence-corrected chi connectivity index (χ3v) is 3.38. The van der Waals surface area contributed by atoms with Crippen molar-refractivity contribution in [2.24, 2.45) is 0 Å². The molecule has 21 heavy (non-hydrogen) atoms. The maximum absolute atomic E-state index is 11.3. The Morgan fingerprint density at radius 2 is 1.90 bits per heavy atom. The molecule has 0 aromatic heterocycles. The van der Waals surface area contributed by atoms with Crippen LogP contribution in [0.25, 0.3) is 0 Å². The van der Waals surface area contributed by atoms with Crippen LogP contribution in [-0.2, 0) is 16.0 Å². The number of hydrogen-bond acceptors (Lipinski definition) is 4. The van der Waals surface area contributed by atoms with Crippen LogP contribution >= 0.6 is 0 Å². The van der Waals surface area contributed by atoms with Crippen LogP contribution in [0.5, 0.6) is 5.75 Å². The SMILES string of the molecule is CCCNC(C)CCc1ccc(OC(C)C(=O)OC)cc1. The van der Waals surface area contributed by atoms with Crippen LogP contribution in [0.1, 0.15) is 39.2 Å². The Balaban J connectivity index is 2.41. The lowest BCUT2D eigenvalue weighted by Crippen LogP contribution is -2.27. The molecule has 2 unspecified atom stereocenters. The van der Waals surface area contributed by atoms with Gasteiger partial charge >= 0.3 is 5.97 Å². The van der Waals surface area contributed by atoms with Crippen LogP contribution in [0.2, 0.25) is 0 Å². The molecule has 0 amide bonds. The van der Waals surface area contributed by atoms with E-state index in [2.05, 4.69) is 23.9 Å². The van der Waals surface area contributed by atoms with Gasteiger partial charge in [-0.15, -0.1) is 0 Å². The Morgan fingerprint density at radius 1 is 1.24 bits per heavy atom. The summed E-state index contributed by atoms with van der Waals surface area (Å²) in [6, 6.07) is 8.43. The first-order chi connectivity index (χ1) is 10.1. The lowest BCUT2D eigenvalue weighted by atomic mass is 10.1. The summed E-state index contributed by atoms with van der Waals surface area (Å²) < 4.78 is 10.1. The van der Waals surface area contributed by atoms with Crippen LogP contribution in [0.3, 0.4) is 0 Å². The fraction of sp³-hybridized carbons (Fsp3) is 0.588. The van der Waals surface area contributed by atoms with E-state index in [4.69, 9.17) is 4.74 Å². The van der Waals surface area contributed by atoms with E-state index in [1.165, 1.54) is 12.7 Å². The summed E-state index contributed by atoms with van der Waals surface area (Å²) in [5.41, 5.74) is 1.28. The van der Waals surface area contributed by atoms with Crippen LogP contribution in [0.4, 0.5) is 0 Å². The van der Waals surface area contributed by atoms with Gasteiger partial charge in [0.2, 0.25) is 0 Å². The van der Waals surface area contributed by atoms with Crippen molar-refractivity contribution in [1.82, 2.24) is 5.32 Å². The number of benzene rings is 1. The van der Waals surface area contributed by atoms with Crippen LogP contribution in [-0.4, -0.2) is 31.8 Å². The summed E-state index contributed by atoms with van der Waals surface area (Å²) in [5, 5.41) is 3.48. The molecular formula is C17H27NO3. The summed E-state index contributed by atoms with van der Waals surface area (Å²) in [4.78, 5) is 11.3. The molecule has 0 aliphatic rings. The molecule has 2 atom stereocenters. The van der Waals surface area contributed by atoms with Crippen molar-refractivity contribution in [3.63, 3.8) is 0 Å². The van der Waals surface area contributed by atoms with Crippen molar-refractivity contribution < 1.29 is 14.3 Å². The van der Waals surface area contributed by atoms with Gasteiger partial charge in [-0.2, -0.15) is 0 Å². The molecule has 1 aromatic rings. The largest absolute Gasteiger partial charge is 0.479 e. The summed E-state index contributed by atoms with van der Waals surface area (Å²) in [6.45, 7) is 7.14. The highest BCUT2D eigenvalue weighted by Crippen LogP contribution is 2.15. The van der Waals surface area contributed by atoms with E-state index in [-0.39, 0.29) is 5.97 Å². The first-order valence-corrected chi connectivity index (χ1v) is 7.63. The third-order valence-electron chi connectivity index (χ3n) is 3.38. The van der Waals surface area contributed by atoms with Crippen LogP contribution in [0.15, 0.2) is 24.3 Å². The molecule has 1 rings (SSSR count). The molecule has 4 heteroatoms. The Morgan fingerprint density at radius 3 is 2.48 bits per heavy atom. The van der Waals surface area contributed by atoms with Gasteiger partial charge in [-0.1, -0.05) is 19.1 Å². The minimum atomic E-state index is -0.584. The van der Waals surface area contributed by atoms with Gasteiger partial charge in [-0.3, -0.25) is 0 Å². The van der Waals surface area contributed by atoms with Crippen molar-refractivity contribution in [1.29, 1.82) is 0 Å². The van der Waals surface area contributed by atoms with Crippen molar-refractivity contribution in [2.75, 3.05) is 13.7 Å². The Kier molecular flexibility index (Phi) is 7.83. The minimum Gasteiger partial charge on any atom is -0.479 e. The smallest absolute Gasteiger partial charge is 0.346 e. The van der Waals surface area contributed by atoms with Crippen LogP contribution in [0, 0.1) is 0 Å². The Bertz CT molecular complexity index is 417. The molecule has 1 N–H and O–H groups in total. The normalized spacial score (nSPS) is 13.5. The number of rotatable bonds is 9. The first kappa shape index (κ1) is 17.5. The van der Waals surface area contributed by atoms with Gasteiger partial charge in [-0.25, -0.2) is 4.79 Å². The standard InChI is InChI=1S/C17H27NO3/c1-5-12-18-13(2)6-7-15-8-10-16(11-9-15)21-14(3)17(19)20-4/h8-11,13-14,18H,5-7,12H2,1-4H3. The number of carbonyl (C=O) groups excluding carboxylic acids is 1. The van der Waals surface area contributed by atoms with E-state index < -0.39 is 6.10 Å². The number of aryl methyl sites for hydroxylation is 1. The Hall–Kier alpha value is -1.55. The van der Waals surface area contributed by atoms with E-state index in [0.29, 0.717) is 11.8 Å². The van der Waals surface area contributed by atoms with Gasteiger partial charge in [0.25, 0.3) is 0 Å². The average Bonchev–Trinajstić information content (AvgIpc) is 2.51. The highest BCUT2D eigenvalue weighted by atomic mass is 16.6. The lowest BCUT2D eigenvalue weighted by Gasteiger charge is -2.14. The van der Waals surface area contributed by atoms with Crippen molar-refractivity contribution in [2.45, 2.75) is 52.2 Å². The van der Waals surface area contributed by atoms with E-state index >= 15 is 0 Å². The predicted octanol–water partition coefficient (Wildman–Crippen LogP) is 2.95. The van der Waals surface area contributed by atoms with Crippen molar-refractivity contribution in [3.8, 4) is 5.75 Å². The van der Waals surface area contributed by atoms with Crippen LogP contribution < -0.4 is 10.1 Å². The molecule has 0 spiro atoms. The van der Waals surface area contributed by atoms with Gasteiger partial charge in [0, 0.05) is 6.04 Å². The van der Waals surface area contributed by atoms with Crippen molar-refractivity contribution >= 4 is 5.97 Å². The maximum Gasteiger partial charge on any atom is 0.346 e. The zero-order valence-corrected chi connectivity index (χ0v) is 13.5. The number of hydrogen-bond donors (Lipinski definition) is 1. The van der Waals surface area contributed by atoms with Gasteiger partial charge in [0.05, 0.1) is 7.11 Å². The minimum absolute atomic E-state index is 0.366. The molecular weight excluding hydrogens is 266 g/mol. The van der Waals surface area contributed by atoms with Gasteiger partial charge < -0.3 is 14.8 Å². The number of ether oxygens (including phenoxy) is 2. The van der Waals surface area contributed by atoms with E-state index in [0.717, 1.165) is 25.8 Å². The molecule has 118 valence electrons. The molecule has 4 nitrogen and oxygen atoms in total. The quantitative estimate of drug-likeness (QED) is 0.711.